The number of rotatable bonds is 3. The minimum atomic E-state index is 0.813. The third-order valence-corrected chi connectivity index (χ3v) is 2.56. The van der Waals surface area contributed by atoms with Crippen molar-refractivity contribution in [1.29, 1.82) is 0 Å². The van der Waals surface area contributed by atoms with Gasteiger partial charge >= 0.3 is 0 Å². The Morgan fingerprint density at radius 1 is 1.12 bits per heavy atom. The maximum absolute atomic E-state index is 5.09. The highest BCUT2D eigenvalue weighted by atomic mass is 79.9. The van der Waals surface area contributed by atoms with E-state index in [1.54, 1.807) is 13.3 Å². The van der Waals surface area contributed by atoms with Crippen LogP contribution in [0.1, 0.15) is 0 Å². The van der Waals surface area contributed by atoms with Crippen LogP contribution < -0.4 is 10.1 Å². The van der Waals surface area contributed by atoms with Gasteiger partial charge in [0.2, 0.25) is 0 Å². The lowest BCUT2D eigenvalue weighted by Gasteiger charge is -2.06. The molecule has 2 aromatic rings. The predicted molar refractivity (Wildman–Crippen MR) is 68.2 cm³/mol. The van der Waals surface area contributed by atoms with Crippen molar-refractivity contribution in [1.82, 2.24) is 4.98 Å². The first kappa shape index (κ1) is 11.0. The Morgan fingerprint density at radius 3 is 2.44 bits per heavy atom. The molecule has 16 heavy (non-hydrogen) atoms. The van der Waals surface area contributed by atoms with Gasteiger partial charge in [-0.15, -0.1) is 0 Å². The number of halogens is 1. The number of methoxy groups -OCH3 is 1. The molecule has 1 aromatic heterocycles. The van der Waals surface area contributed by atoms with Crippen LogP contribution in [0.3, 0.4) is 0 Å². The van der Waals surface area contributed by atoms with Gasteiger partial charge in [0.15, 0.2) is 0 Å². The Labute approximate surface area is 103 Å². The van der Waals surface area contributed by atoms with E-state index >= 15 is 0 Å². The normalized spacial score (nSPS) is 9.88. The fourth-order valence-corrected chi connectivity index (χ4v) is 1.51. The topological polar surface area (TPSA) is 34.1 Å². The van der Waals surface area contributed by atoms with Gasteiger partial charge in [-0.1, -0.05) is 0 Å². The van der Waals surface area contributed by atoms with Crippen molar-refractivity contribution in [2.75, 3.05) is 12.4 Å². The Morgan fingerprint density at radius 2 is 1.88 bits per heavy atom. The standard InChI is InChI=1S/C12H11BrN2O/c1-16-11-5-3-10(4-6-11)15-12-7-2-9(13)8-14-12/h2-8H,1H3,(H,14,15). The second-order valence-electron chi connectivity index (χ2n) is 3.22. The highest BCUT2D eigenvalue weighted by Gasteiger charge is 1.96. The van der Waals surface area contributed by atoms with E-state index in [2.05, 4.69) is 26.2 Å². The van der Waals surface area contributed by atoms with Crippen LogP contribution in [0.4, 0.5) is 11.5 Å². The van der Waals surface area contributed by atoms with Crippen LogP contribution in [0.2, 0.25) is 0 Å². The van der Waals surface area contributed by atoms with Crippen LogP contribution in [0.15, 0.2) is 47.1 Å². The summed E-state index contributed by atoms with van der Waals surface area (Å²) in [6, 6.07) is 11.6. The largest absolute Gasteiger partial charge is 0.497 e. The Bertz CT molecular complexity index is 453. The zero-order valence-corrected chi connectivity index (χ0v) is 10.4. The lowest BCUT2D eigenvalue weighted by molar-refractivity contribution is 0.415. The lowest BCUT2D eigenvalue weighted by atomic mass is 10.3. The number of aromatic nitrogens is 1. The molecule has 0 spiro atoms. The van der Waals surface area contributed by atoms with Gasteiger partial charge in [-0.05, 0) is 52.3 Å². The van der Waals surface area contributed by atoms with E-state index in [0.717, 1.165) is 21.7 Å². The molecule has 0 aliphatic carbocycles. The van der Waals surface area contributed by atoms with Crippen LogP contribution in [0, 0.1) is 0 Å². The minimum Gasteiger partial charge on any atom is -0.497 e. The predicted octanol–water partition coefficient (Wildman–Crippen LogP) is 3.60. The molecule has 2 rings (SSSR count). The van der Waals surface area contributed by atoms with Crippen molar-refractivity contribution < 1.29 is 4.74 Å². The first-order valence-electron chi connectivity index (χ1n) is 4.80. The molecule has 0 amide bonds. The number of hydrogen-bond acceptors (Lipinski definition) is 3. The van der Waals surface area contributed by atoms with Gasteiger partial charge < -0.3 is 10.1 Å². The molecule has 82 valence electrons. The van der Waals surface area contributed by atoms with E-state index in [4.69, 9.17) is 4.74 Å². The fourth-order valence-electron chi connectivity index (χ4n) is 1.27. The molecule has 1 aromatic carbocycles. The van der Waals surface area contributed by atoms with Gasteiger partial charge in [0, 0.05) is 16.4 Å². The Kier molecular flexibility index (Phi) is 3.41. The third-order valence-electron chi connectivity index (χ3n) is 2.09. The van der Waals surface area contributed by atoms with Crippen LogP contribution in [0.5, 0.6) is 5.75 Å². The van der Waals surface area contributed by atoms with E-state index in [1.807, 2.05) is 36.4 Å². The van der Waals surface area contributed by atoms with Gasteiger partial charge in [-0.3, -0.25) is 0 Å². The molecular weight excluding hydrogens is 268 g/mol. The average molecular weight is 279 g/mol. The van der Waals surface area contributed by atoms with Crippen LogP contribution in [-0.2, 0) is 0 Å². The van der Waals surface area contributed by atoms with Crippen molar-refractivity contribution in [3.8, 4) is 5.75 Å². The molecular formula is C12H11BrN2O. The smallest absolute Gasteiger partial charge is 0.130 e. The van der Waals surface area contributed by atoms with E-state index in [-0.39, 0.29) is 0 Å². The van der Waals surface area contributed by atoms with Gasteiger partial charge in [-0.2, -0.15) is 0 Å². The van der Waals surface area contributed by atoms with Crippen LogP contribution >= 0.6 is 15.9 Å². The minimum absolute atomic E-state index is 0.813. The summed E-state index contributed by atoms with van der Waals surface area (Å²) in [5, 5.41) is 3.19. The summed E-state index contributed by atoms with van der Waals surface area (Å²) >= 11 is 3.34. The number of benzene rings is 1. The average Bonchev–Trinajstić information content (AvgIpc) is 2.33. The Balaban J connectivity index is 2.11. The number of ether oxygens (including phenoxy) is 1. The van der Waals surface area contributed by atoms with Gasteiger partial charge in [0.05, 0.1) is 7.11 Å². The molecule has 0 fully saturated rings. The molecule has 0 aliphatic rings. The number of anilines is 2. The van der Waals surface area contributed by atoms with Crippen molar-refractivity contribution >= 4 is 27.4 Å². The SMILES string of the molecule is COc1ccc(Nc2ccc(Br)cn2)cc1. The summed E-state index contributed by atoms with van der Waals surface area (Å²) < 4.78 is 6.05. The first-order valence-corrected chi connectivity index (χ1v) is 5.60. The first-order chi connectivity index (χ1) is 7.78. The maximum atomic E-state index is 5.09. The van der Waals surface area contributed by atoms with Crippen molar-refractivity contribution in [2.24, 2.45) is 0 Å². The second-order valence-corrected chi connectivity index (χ2v) is 4.13. The molecule has 0 bridgehead atoms. The van der Waals surface area contributed by atoms with E-state index < -0.39 is 0 Å². The number of nitrogens with zero attached hydrogens (tertiary/aromatic N) is 1. The highest BCUT2D eigenvalue weighted by Crippen LogP contribution is 2.19. The fraction of sp³-hybridized carbons (Fsp3) is 0.0833. The van der Waals surface area contributed by atoms with E-state index in [0.29, 0.717) is 0 Å². The number of pyridine rings is 1. The molecule has 1 heterocycles. The molecule has 0 saturated heterocycles. The molecule has 4 heteroatoms. The summed E-state index contributed by atoms with van der Waals surface area (Å²) in [5.41, 5.74) is 0.982. The zero-order chi connectivity index (χ0) is 11.4. The van der Waals surface area contributed by atoms with Crippen molar-refractivity contribution in [3.63, 3.8) is 0 Å². The molecule has 0 atom stereocenters. The molecule has 3 nitrogen and oxygen atoms in total. The summed E-state index contributed by atoms with van der Waals surface area (Å²) in [4.78, 5) is 4.23. The summed E-state index contributed by atoms with van der Waals surface area (Å²) in [6.45, 7) is 0. The zero-order valence-electron chi connectivity index (χ0n) is 8.77. The van der Waals surface area contributed by atoms with Crippen LogP contribution in [-0.4, -0.2) is 12.1 Å². The maximum Gasteiger partial charge on any atom is 0.130 e. The lowest BCUT2D eigenvalue weighted by Crippen LogP contribution is -1.92. The molecule has 0 radical (unpaired) electrons. The molecule has 0 aliphatic heterocycles. The van der Waals surface area contributed by atoms with Crippen molar-refractivity contribution in [2.45, 2.75) is 0 Å². The molecule has 0 unspecified atom stereocenters. The number of nitrogens with one attached hydrogen (secondary N) is 1. The van der Waals surface area contributed by atoms with Crippen molar-refractivity contribution in [3.05, 3.63) is 47.1 Å². The monoisotopic (exact) mass is 278 g/mol. The summed E-state index contributed by atoms with van der Waals surface area (Å²) in [6.07, 6.45) is 1.76. The number of hydrogen-bond donors (Lipinski definition) is 1. The van der Waals surface area contributed by atoms with Gasteiger partial charge in [0.25, 0.3) is 0 Å². The van der Waals surface area contributed by atoms with Crippen LogP contribution in [0.25, 0.3) is 0 Å². The van der Waals surface area contributed by atoms with E-state index in [1.165, 1.54) is 0 Å². The van der Waals surface area contributed by atoms with E-state index in [9.17, 15) is 0 Å². The second kappa shape index (κ2) is 4.99. The molecule has 1 N–H and O–H groups in total. The summed E-state index contributed by atoms with van der Waals surface area (Å²) in [7, 11) is 1.65. The molecule has 0 saturated carbocycles. The quantitative estimate of drug-likeness (QED) is 0.932. The third kappa shape index (κ3) is 2.73. The Hall–Kier alpha value is -1.55. The highest BCUT2D eigenvalue weighted by molar-refractivity contribution is 9.10. The van der Waals surface area contributed by atoms with Gasteiger partial charge in [0.1, 0.15) is 11.6 Å². The van der Waals surface area contributed by atoms with Gasteiger partial charge in [-0.25, -0.2) is 4.98 Å². The summed E-state index contributed by atoms with van der Waals surface area (Å²) in [5.74, 6) is 1.66.